The standard InChI is InChI=1S/C12H25NO2/c1-10(2)12(3,14)9-13-7-5-6-11(8-13)15-4/h10-11,14H,5-9H2,1-4H3. The number of rotatable bonds is 4. The second kappa shape index (κ2) is 5.28. The third kappa shape index (κ3) is 3.74. The highest BCUT2D eigenvalue weighted by atomic mass is 16.5. The summed E-state index contributed by atoms with van der Waals surface area (Å²) >= 11 is 0. The SMILES string of the molecule is COC1CCCN(CC(C)(O)C(C)C)C1. The minimum Gasteiger partial charge on any atom is -0.389 e. The molecular weight excluding hydrogens is 190 g/mol. The molecule has 1 aliphatic heterocycles. The molecule has 0 bridgehead atoms. The van der Waals surface area contributed by atoms with Crippen LogP contribution in [0, 0.1) is 5.92 Å². The number of aliphatic hydroxyl groups is 1. The lowest BCUT2D eigenvalue weighted by molar-refractivity contribution is -0.0438. The van der Waals surface area contributed by atoms with Gasteiger partial charge in [0.2, 0.25) is 0 Å². The highest BCUT2D eigenvalue weighted by Gasteiger charge is 2.30. The topological polar surface area (TPSA) is 32.7 Å². The number of ether oxygens (including phenoxy) is 1. The normalized spacial score (nSPS) is 28.0. The van der Waals surface area contributed by atoms with Crippen LogP contribution in [-0.4, -0.2) is 48.5 Å². The summed E-state index contributed by atoms with van der Waals surface area (Å²) in [6.07, 6.45) is 2.67. The summed E-state index contributed by atoms with van der Waals surface area (Å²) in [5.41, 5.74) is -0.588. The Labute approximate surface area is 93.4 Å². The van der Waals surface area contributed by atoms with Crippen molar-refractivity contribution < 1.29 is 9.84 Å². The van der Waals surface area contributed by atoms with Gasteiger partial charge >= 0.3 is 0 Å². The van der Waals surface area contributed by atoms with Crippen molar-refractivity contribution in [1.29, 1.82) is 0 Å². The Kier molecular flexibility index (Phi) is 4.56. The molecule has 1 fully saturated rings. The number of β-amino-alcohol motifs (C(OH)–C–C–N with tert-alkyl or cyclic N) is 1. The van der Waals surface area contributed by atoms with Gasteiger partial charge < -0.3 is 9.84 Å². The van der Waals surface area contributed by atoms with Crippen LogP contribution in [0.3, 0.4) is 0 Å². The summed E-state index contributed by atoms with van der Waals surface area (Å²) in [6, 6.07) is 0. The molecular formula is C12H25NO2. The van der Waals surface area contributed by atoms with Gasteiger partial charge in [-0.1, -0.05) is 13.8 Å². The van der Waals surface area contributed by atoms with Crippen LogP contribution in [0.2, 0.25) is 0 Å². The third-order valence-electron chi connectivity index (χ3n) is 3.58. The lowest BCUT2D eigenvalue weighted by Crippen LogP contribution is -2.49. The van der Waals surface area contributed by atoms with E-state index in [1.807, 2.05) is 6.92 Å². The molecule has 3 heteroatoms. The Bertz CT molecular complexity index is 192. The first-order chi connectivity index (χ1) is 6.95. The molecule has 0 aromatic heterocycles. The molecule has 3 nitrogen and oxygen atoms in total. The Morgan fingerprint density at radius 3 is 2.73 bits per heavy atom. The van der Waals surface area contributed by atoms with Crippen molar-refractivity contribution in [3.8, 4) is 0 Å². The average molecular weight is 215 g/mol. The van der Waals surface area contributed by atoms with E-state index in [1.54, 1.807) is 7.11 Å². The number of hydrogen-bond donors (Lipinski definition) is 1. The van der Waals surface area contributed by atoms with Gasteiger partial charge in [-0.25, -0.2) is 0 Å². The fraction of sp³-hybridized carbons (Fsp3) is 1.00. The Morgan fingerprint density at radius 2 is 2.20 bits per heavy atom. The molecule has 0 aliphatic carbocycles. The molecule has 0 aromatic carbocycles. The van der Waals surface area contributed by atoms with E-state index in [-0.39, 0.29) is 0 Å². The fourth-order valence-electron chi connectivity index (χ4n) is 1.98. The van der Waals surface area contributed by atoms with Crippen molar-refractivity contribution in [2.45, 2.75) is 45.3 Å². The van der Waals surface area contributed by atoms with Gasteiger partial charge in [0, 0.05) is 20.2 Å². The van der Waals surface area contributed by atoms with Gasteiger partial charge in [0.1, 0.15) is 0 Å². The lowest BCUT2D eigenvalue weighted by Gasteiger charge is -2.38. The smallest absolute Gasteiger partial charge is 0.0768 e. The van der Waals surface area contributed by atoms with Crippen LogP contribution in [0.25, 0.3) is 0 Å². The molecule has 90 valence electrons. The number of hydrogen-bond acceptors (Lipinski definition) is 3. The van der Waals surface area contributed by atoms with Crippen LogP contribution in [-0.2, 0) is 4.74 Å². The van der Waals surface area contributed by atoms with E-state index in [2.05, 4.69) is 18.7 Å². The summed E-state index contributed by atoms with van der Waals surface area (Å²) in [4.78, 5) is 2.32. The van der Waals surface area contributed by atoms with Crippen LogP contribution < -0.4 is 0 Å². The Balaban J connectivity index is 2.44. The second-order valence-corrected chi connectivity index (χ2v) is 5.25. The fourth-order valence-corrected chi connectivity index (χ4v) is 1.98. The zero-order chi connectivity index (χ0) is 11.5. The van der Waals surface area contributed by atoms with Crippen LogP contribution in [0.1, 0.15) is 33.6 Å². The summed E-state index contributed by atoms with van der Waals surface area (Å²) in [6.45, 7) is 8.86. The third-order valence-corrected chi connectivity index (χ3v) is 3.58. The largest absolute Gasteiger partial charge is 0.389 e. The maximum Gasteiger partial charge on any atom is 0.0768 e. The predicted octanol–water partition coefficient (Wildman–Crippen LogP) is 1.50. The second-order valence-electron chi connectivity index (χ2n) is 5.25. The van der Waals surface area contributed by atoms with Gasteiger partial charge in [0.15, 0.2) is 0 Å². The highest BCUT2D eigenvalue weighted by Crippen LogP contribution is 2.20. The molecule has 0 saturated carbocycles. The first-order valence-corrected chi connectivity index (χ1v) is 5.93. The molecule has 1 rings (SSSR count). The quantitative estimate of drug-likeness (QED) is 0.771. The minimum atomic E-state index is -0.588. The predicted molar refractivity (Wildman–Crippen MR) is 61.9 cm³/mol. The van der Waals surface area contributed by atoms with Gasteiger partial charge in [0.25, 0.3) is 0 Å². The molecule has 0 aromatic rings. The van der Waals surface area contributed by atoms with Crippen molar-refractivity contribution in [3.05, 3.63) is 0 Å². The van der Waals surface area contributed by atoms with E-state index in [0.29, 0.717) is 12.0 Å². The van der Waals surface area contributed by atoms with Crippen LogP contribution in [0.4, 0.5) is 0 Å². The van der Waals surface area contributed by atoms with E-state index in [9.17, 15) is 5.11 Å². The summed E-state index contributed by atoms with van der Waals surface area (Å²) in [5.74, 6) is 0.292. The van der Waals surface area contributed by atoms with Gasteiger partial charge in [-0.3, -0.25) is 4.90 Å². The van der Waals surface area contributed by atoms with Crippen LogP contribution in [0.15, 0.2) is 0 Å². The van der Waals surface area contributed by atoms with Gasteiger partial charge in [-0.2, -0.15) is 0 Å². The van der Waals surface area contributed by atoms with Crippen molar-refractivity contribution in [2.24, 2.45) is 5.92 Å². The summed E-state index contributed by atoms with van der Waals surface area (Å²) < 4.78 is 5.37. The maximum atomic E-state index is 10.2. The van der Waals surface area contributed by atoms with E-state index >= 15 is 0 Å². The molecule has 1 aliphatic rings. The Morgan fingerprint density at radius 1 is 1.53 bits per heavy atom. The van der Waals surface area contributed by atoms with E-state index < -0.39 is 5.60 Å². The molecule has 1 saturated heterocycles. The molecule has 0 radical (unpaired) electrons. The van der Waals surface area contributed by atoms with E-state index in [1.165, 1.54) is 6.42 Å². The first-order valence-electron chi connectivity index (χ1n) is 5.93. The molecule has 0 amide bonds. The number of nitrogens with zero attached hydrogens (tertiary/aromatic N) is 1. The van der Waals surface area contributed by atoms with Crippen molar-refractivity contribution in [3.63, 3.8) is 0 Å². The van der Waals surface area contributed by atoms with E-state index in [0.717, 1.165) is 26.1 Å². The van der Waals surface area contributed by atoms with E-state index in [4.69, 9.17) is 4.74 Å². The molecule has 1 N–H and O–H groups in total. The lowest BCUT2D eigenvalue weighted by atomic mass is 9.91. The number of methoxy groups -OCH3 is 1. The van der Waals surface area contributed by atoms with Crippen LogP contribution >= 0.6 is 0 Å². The van der Waals surface area contributed by atoms with Gasteiger partial charge in [0.05, 0.1) is 11.7 Å². The monoisotopic (exact) mass is 215 g/mol. The Hall–Kier alpha value is -0.120. The molecule has 1 heterocycles. The summed E-state index contributed by atoms with van der Waals surface area (Å²) in [7, 11) is 1.77. The molecule has 15 heavy (non-hydrogen) atoms. The van der Waals surface area contributed by atoms with Crippen LogP contribution in [0.5, 0.6) is 0 Å². The van der Waals surface area contributed by atoms with Crippen molar-refractivity contribution in [2.75, 3.05) is 26.7 Å². The van der Waals surface area contributed by atoms with Crippen molar-refractivity contribution in [1.82, 2.24) is 4.90 Å². The zero-order valence-corrected chi connectivity index (χ0v) is 10.5. The molecule has 0 spiro atoms. The average Bonchev–Trinajstić information content (AvgIpc) is 2.17. The highest BCUT2D eigenvalue weighted by molar-refractivity contribution is 4.83. The number of piperidine rings is 1. The van der Waals surface area contributed by atoms with Gasteiger partial charge in [-0.05, 0) is 32.2 Å². The number of likely N-dealkylation sites (tertiary alicyclic amines) is 1. The zero-order valence-electron chi connectivity index (χ0n) is 10.5. The maximum absolute atomic E-state index is 10.2. The molecule has 2 atom stereocenters. The van der Waals surface area contributed by atoms with Crippen molar-refractivity contribution >= 4 is 0 Å². The summed E-state index contributed by atoms with van der Waals surface area (Å²) in [5, 5.41) is 10.2. The minimum absolute atomic E-state index is 0.292. The first kappa shape index (κ1) is 12.9. The molecule has 2 unspecified atom stereocenters. The van der Waals surface area contributed by atoms with Gasteiger partial charge in [-0.15, -0.1) is 0 Å².